The van der Waals surface area contributed by atoms with E-state index in [9.17, 15) is 0 Å². The molecule has 0 amide bonds. The molecule has 4 aromatic rings. The Morgan fingerprint density at radius 3 is 2.32 bits per heavy atom. The minimum absolute atomic E-state index is 0. The van der Waals surface area contributed by atoms with E-state index in [0.717, 1.165) is 6.42 Å². The molecule has 25 heavy (non-hydrogen) atoms. The average Bonchev–Trinajstić information content (AvgIpc) is 3.19. The molecule has 1 aliphatic rings. The van der Waals surface area contributed by atoms with E-state index in [4.69, 9.17) is 0 Å². The van der Waals surface area contributed by atoms with Crippen LogP contribution in [0.25, 0.3) is 21.9 Å². The van der Waals surface area contributed by atoms with Gasteiger partial charge in [0.15, 0.2) is 0 Å². The summed E-state index contributed by atoms with van der Waals surface area (Å²) in [5.41, 5.74) is 5.51. The number of hydrogen-bond donors (Lipinski definition) is 0. The summed E-state index contributed by atoms with van der Waals surface area (Å²) in [5, 5.41) is 2.66. The molecule has 0 unspecified atom stereocenters. The molecule has 0 saturated heterocycles. The predicted octanol–water partition coefficient (Wildman–Crippen LogP) is -0.378. The van der Waals surface area contributed by atoms with Gasteiger partial charge in [-0.1, -0.05) is 41.5 Å². The van der Waals surface area contributed by atoms with Crippen molar-refractivity contribution in [3.8, 4) is 11.1 Å². The van der Waals surface area contributed by atoms with E-state index >= 15 is 0 Å². The van der Waals surface area contributed by atoms with Gasteiger partial charge in [-0.25, -0.2) is 0 Å². The van der Waals surface area contributed by atoms with Crippen LogP contribution in [0.3, 0.4) is 0 Å². The van der Waals surface area contributed by atoms with E-state index in [-0.39, 0.29) is 51.0 Å². The van der Waals surface area contributed by atoms with Gasteiger partial charge >= 0.3 is 26.2 Å². The van der Waals surface area contributed by atoms with Gasteiger partial charge in [-0.05, 0) is 6.42 Å². The van der Waals surface area contributed by atoms with Gasteiger partial charge in [0, 0.05) is 0 Å². The minimum atomic E-state index is 0. The van der Waals surface area contributed by atoms with Crippen LogP contribution >= 0.6 is 0 Å². The third-order valence-corrected chi connectivity index (χ3v) is 4.16. The maximum atomic E-state index is 3.30. The molecule has 0 bridgehead atoms. The van der Waals surface area contributed by atoms with Gasteiger partial charge in [0.05, 0.1) is 0 Å². The number of benzene rings is 3. The van der Waals surface area contributed by atoms with E-state index in [1.165, 1.54) is 33.0 Å². The molecule has 0 radical (unpaired) electrons. The van der Waals surface area contributed by atoms with Crippen LogP contribution in [0.1, 0.15) is 11.1 Å². The van der Waals surface area contributed by atoms with Gasteiger partial charge in [0.25, 0.3) is 0 Å². The average molecular weight is 443 g/mol. The molecule has 3 heteroatoms. The van der Waals surface area contributed by atoms with Crippen molar-refractivity contribution in [3.05, 3.63) is 102 Å². The normalized spacial score (nSPS) is 10.1. The molecule has 0 atom stereocenters. The van der Waals surface area contributed by atoms with Gasteiger partial charge in [-0.3, -0.25) is 0 Å². The third kappa shape index (κ3) is 4.67. The van der Waals surface area contributed by atoms with Crippen molar-refractivity contribution >= 4 is 10.8 Å². The molecule has 0 nitrogen and oxygen atoms in total. The van der Waals surface area contributed by atoms with E-state index < -0.39 is 0 Å². The maximum Gasteiger partial charge on any atom is 2.00 e. The molecular formula is C22H16Cl2Zr-2. The van der Waals surface area contributed by atoms with Crippen molar-refractivity contribution in [2.75, 3.05) is 0 Å². The summed E-state index contributed by atoms with van der Waals surface area (Å²) in [6.07, 6.45) is 1.05. The van der Waals surface area contributed by atoms with Crippen molar-refractivity contribution in [1.82, 2.24) is 0 Å². The molecule has 0 aliphatic heterocycles. The first-order valence-corrected chi connectivity index (χ1v) is 7.60. The van der Waals surface area contributed by atoms with Crippen molar-refractivity contribution in [2.45, 2.75) is 6.42 Å². The zero-order valence-electron chi connectivity index (χ0n) is 13.5. The van der Waals surface area contributed by atoms with Crippen LogP contribution in [-0.4, -0.2) is 0 Å². The van der Waals surface area contributed by atoms with E-state index in [2.05, 4.69) is 84.9 Å². The molecule has 1 aliphatic carbocycles. The number of halogens is 2. The zero-order chi connectivity index (χ0) is 14.8. The first kappa shape index (κ1) is 21.8. The van der Waals surface area contributed by atoms with Gasteiger partial charge < -0.3 is 24.8 Å². The second-order valence-corrected chi connectivity index (χ2v) is 5.55. The van der Waals surface area contributed by atoms with Crippen molar-refractivity contribution < 1.29 is 51.0 Å². The first-order valence-electron chi connectivity index (χ1n) is 7.60. The van der Waals surface area contributed by atoms with E-state index in [0.29, 0.717) is 0 Å². The molecule has 5 rings (SSSR count). The summed E-state index contributed by atoms with van der Waals surface area (Å²) in [6.45, 7) is 0. The molecule has 124 valence electrons. The molecule has 4 aromatic carbocycles. The van der Waals surface area contributed by atoms with Gasteiger partial charge in [0.1, 0.15) is 0 Å². The van der Waals surface area contributed by atoms with Crippen molar-refractivity contribution in [1.29, 1.82) is 0 Å². The summed E-state index contributed by atoms with van der Waals surface area (Å²) in [6, 6.07) is 32.8. The molecule has 0 N–H and O–H groups in total. The maximum absolute atomic E-state index is 3.30. The molecule has 0 heterocycles. The van der Waals surface area contributed by atoms with Crippen LogP contribution in [-0.2, 0) is 32.6 Å². The summed E-state index contributed by atoms with van der Waals surface area (Å²) in [7, 11) is 0. The number of fused-ring (bicyclic) bond motifs is 4. The quantitative estimate of drug-likeness (QED) is 0.287. The Bertz CT molecular complexity index is 854. The molecular weight excluding hydrogens is 426 g/mol. The SMILES string of the molecule is [Cl-].[Cl-].[Zr+2].[c-]1cccc2c1Cc1ccccc1-2.c1ccc2[cH-]ccc2c1. The topological polar surface area (TPSA) is 0 Å². The van der Waals surface area contributed by atoms with Crippen LogP contribution in [0.4, 0.5) is 0 Å². The zero-order valence-corrected chi connectivity index (χ0v) is 17.5. The Morgan fingerprint density at radius 1 is 0.760 bits per heavy atom. The Balaban J connectivity index is 0.000000234. The summed E-state index contributed by atoms with van der Waals surface area (Å²) >= 11 is 0. The summed E-state index contributed by atoms with van der Waals surface area (Å²) in [4.78, 5) is 0. The fourth-order valence-electron chi connectivity index (χ4n) is 3.07. The largest absolute Gasteiger partial charge is 2.00 e. The number of hydrogen-bond acceptors (Lipinski definition) is 0. The third-order valence-electron chi connectivity index (χ3n) is 4.16. The standard InChI is InChI=1S/C13H9.C9H7.2ClH.Zr/c1-3-7-12-10(5-1)9-11-6-2-4-8-13(11)12;1-2-5-9-7-3-6-8(9)4-1;;;/h1-5,7-8H,9H2;1-7H;2*1H;/q2*-1;;;+2/p-2. The van der Waals surface area contributed by atoms with Gasteiger partial charge in [0.2, 0.25) is 0 Å². The van der Waals surface area contributed by atoms with E-state index in [1.807, 2.05) is 6.07 Å². The van der Waals surface area contributed by atoms with E-state index in [1.54, 1.807) is 0 Å². The smallest absolute Gasteiger partial charge is 1.00 e. The summed E-state index contributed by atoms with van der Waals surface area (Å²) < 4.78 is 0. The Kier molecular flexibility index (Phi) is 8.73. The number of rotatable bonds is 0. The molecule has 0 spiro atoms. The predicted molar refractivity (Wildman–Crippen MR) is 93.1 cm³/mol. The summed E-state index contributed by atoms with van der Waals surface area (Å²) in [5.74, 6) is 0. The second-order valence-electron chi connectivity index (χ2n) is 5.55. The van der Waals surface area contributed by atoms with Crippen molar-refractivity contribution in [3.63, 3.8) is 0 Å². The molecule has 0 saturated carbocycles. The van der Waals surface area contributed by atoms with Crippen LogP contribution in [0.15, 0.2) is 84.9 Å². The van der Waals surface area contributed by atoms with Crippen LogP contribution in [0, 0.1) is 6.07 Å². The Labute approximate surface area is 180 Å². The molecule has 0 aromatic heterocycles. The molecule has 0 fully saturated rings. The van der Waals surface area contributed by atoms with Crippen molar-refractivity contribution in [2.24, 2.45) is 0 Å². The Morgan fingerprint density at radius 2 is 1.48 bits per heavy atom. The fourth-order valence-corrected chi connectivity index (χ4v) is 3.07. The van der Waals surface area contributed by atoms with Crippen LogP contribution in [0.2, 0.25) is 0 Å². The minimum Gasteiger partial charge on any atom is -1.00 e. The monoisotopic (exact) mass is 440 g/mol. The Hall–Kier alpha value is -1.27. The van der Waals surface area contributed by atoms with Crippen LogP contribution in [0.5, 0.6) is 0 Å². The van der Waals surface area contributed by atoms with Gasteiger partial charge in [-0.2, -0.15) is 47.3 Å². The second kappa shape index (κ2) is 10.0. The van der Waals surface area contributed by atoms with Gasteiger partial charge in [-0.15, -0.1) is 35.2 Å². The van der Waals surface area contributed by atoms with Crippen LogP contribution < -0.4 is 24.8 Å². The first-order chi connectivity index (χ1) is 10.9. The fraction of sp³-hybridized carbons (Fsp3) is 0.0455.